The van der Waals surface area contributed by atoms with Gasteiger partial charge >= 0.3 is 0 Å². The smallest absolute Gasteiger partial charge is 0.219 e. The van der Waals surface area contributed by atoms with E-state index < -0.39 is 5.82 Å². The van der Waals surface area contributed by atoms with Gasteiger partial charge in [0.15, 0.2) is 0 Å². The summed E-state index contributed by atoms with van der Waals surface area (Å²) in [6.07, 6.45) is 6.79. The summed E-state index contributed by atoms with van der Waals surface area (Å²) in [5, 5.41) is 2.73. The third kappa shape index (κ3) is 6.93. The summed E-state index contributed by atoms with van der Waals surface area (Å²) < 4.78 is 24.8. The zero-order valence-electron chi connectivity index (χ0n) is 15.6. The van der Waals surface area contributed by atoms with Crippen molar-refractivity contribution in [3.05, 3.63) is 66.6 Å². The minimum absolute atomic E-state index is 0.0688. The van der Waals surface area contributed by atoms with Crippen molar-refractivity contribution < 1.29 is 18.7 Å². The summed E-state index contributed by atoms with van der Waals surface area (Å²) in [4.78, 5) is 15.3. The number of carbonyl (C=O) groups is 1. The minimum Gasteiger partial charge on any atom is -0.491 e. The van der Waals surface area contributed by atoms with E-state index in [-0.39, 0.29) is 18.1 Å². The van der Waals surface area contributed by atoms with Crippen LogP contribution in [-0.2, 0) is 4.79 Å². The van der Waals surface area contributed by atoms with Gasteiger partial charge in [-0.2, -0.15) is 0 Å². The van der Waals surface area contributed by atoms with Crippen LogP contribution < -0.4 is 14.8 Å². The molecule has 0 unspecified atom stereocenters. The summed E-state index contributed by atoms with van der Waals surface area (Å²) in [7, 11) is 0. The molecule has 0 spiro atoms. The van der Waals surface area contributed by atoms with E-state index >= 15 is 0 Å². The topological polar surface area (TPSA) is 60.5 Å². The Morgan fingerprint density at radius 1 is 1.26 bits per heavy atom. The van der Waals surface area contributed by atoms with Crippen LogP contribution in [0.1, 0.15) is 26.3 Å². The standard InChI is InChI=1S/C21H23FN2O3/c1-5-18(24-15(4)25)8-6-16-7-9-21(23-13-16)27-20-11-17(22)10-19(12-20)26-14(2)3/h5-14,18H,1H2,2-4H3,(H,24,25)/b8-6+/t18-/m0/s1. The van der Waals surface area contributed by atoms with E-state index in [4.69, 9.17) is 9.47 Å². The van der Waals surface area contributed by atoms with Gasteiger partial charge in [-0.15, -0.1) is 6.58 Å². The van der Waals surface area contributed by atoms with Crippen molar-refractivity contribution in [2.45, 2.75) is 32.9 Å². The van der Waals surface area contributed by atoms with Gasteiger partial charge in [0.25, 0.3) is 0 Å². The number of ether oxygens (including phenoxy) is 2. The fraction of sp³-hybridized carbons (Fsp3) is 0.238. The van der Waals surface area contributed by atoms with Crippen molar-refractivity contribution >= 4 is 12.0 Å². The average Bonchev–Trinajstić information content (AvgIpc) is 2.58. The zero-order chi connectivity index (χ0) is 19.8. The number of halogens is 1. The molecule has 0 fully saturated rings. The van der Waals surface area contributed by atoms with E-state index in [1.807, 2.05) is 19.9 Å². The van der Waals surface area contributed by atoms with Crippen LogP contribution in [0.4, 0.5) is 4.39 Å². The molecule has 1 N–H and O–H groups in total. The van der Waals surface area contributed by atoms with Crippen LogP contribution in [0.2, 0.25) is 0 Å². The van der Waals surface area contributed by atoms with Crippen molar-refractivity contribution in [2.75, 3.05) is 0 Å². The number of aromatic nitrogens is 1. The normalized spacial score (nSPS) is 12.0. The first kappa shape index (κ1) is 20.2. The molecule has 0 aliphatic rings. The molecule has 1 aromatic heterocycles. The lowest BCUT2D eigenvalue weighted by Crippen LogP contribution is -2.29. The van der Waals surface area contributed by atoms with Crippen LogP contribution >= 0.6 is 0 Å². The molecule has 142 valence electrons. The maximum absolute atomic E-state index is 13.7. The molecule has 1 atom stereocenters. The van der Waals surface area contributed by atoms with Crippen LogP contribution in [0.3, 0.4) is 0 Å². The van der Waals surface area contributed by atoms with Crippen LogP contribution in [-0.4, -0.2) is 23.0 Å². The summed E-state index contributed by atoms with van der Waals surface area (Å²) in [5.41, 5.74) is 0.822. The maximum atomic E-state index is 13.7. The van der Waals surface area contributed by atoms with Gasteiger partial charge in [0.1, 0.15) is 17.3 Å². The molecule has 27 heavy (non-hydrogen) atoms. The van der Waals surface area contributed by atoms with Crippen molar-refractivity contribution in [2.24, 2.45) is 0 Å². The largest absolute Gasteiger partial charge is 0.491 e. The van der Waals surface area contributed by atoms with E-state index in [2.05, 4.69) is 16.9 Å². The molecule has 2 rings (SSSR count). The Morgan fingerprint density at radius 2 is 2.00 bits per heavy atom. The lowest BCUT2D eigenvalue weighted by atomic mass is 10.2. The molecule has 1 amide bonds. The average molecular weight is 370 g/mol. The number of nitrogens with one attached hydrogen (secondary N) is 1. The van der Waals surface area contributed by atoms with Gasteiger partial charge in [0, 0.05) is 37.4 Å². The molecule has 2 aromatic rings. The molecule has 0 saturated heterocycles. The molecular weight excluding hydrogens is 347 g/mol. The Morgan fingerprint density at radius 3 is 2.59 bits per heavy atom. The predicted molar refractivity (Wildman–Crippen MR) is 103 cm³/mol. The highest BCUT2D eigenvalue weighted by Crippen LogP contribution is 2.26. The second-order valence-corrected chi connectivity index (χ2v) is 6.14. The number of benzene rings is 1. The van der Waals surface area contributed by atoms with Crippen molar-refractivity contribution in [3.63, 3.8) is 0 Å². The second-order valence-electron chi connectivity index (χ2n) is 6.14. The third-order valence-corrected chi connectivity index (χ3v) is 3.32. The SMILES string of the molecule is C=C[C@@H](/C=C/c1ccc(Oc2cc(F)cc(OC(C)C)c2)nc1)NC(C)=O. The molecule has 1 heterocycles. The molecule has 0 bridgehead atoms. The first-order valence-corrected chi connectivity index (χ1v) is 8.54. The van der Waals surface area contributed by atoms with E-state index in [1.165, 1.54) is 19.1 Å². The summed E-state index contributed by atoms with van der Waals surface area (Å²) in [5.74, 6) is 0.445. The van der Waals surface area contributed by atoms with E-state index in [9.17, 15) is 9.18 Å². The fourth-order valence-electron chi connectivity index (χ4n) is 2.24. The Balaban J connectivity index is 2.06. The van der Waals surface area contributed by atoms with Crippen LogP contribution in [0.25, 0.3) is 6.08 Å². The summed E-state index contributed by atoms with van der Waals surface area (Å²) in [6.45, 7) is 8.85. The molecule has 0 aliphatic carbocycles. The molecule has 1 aromatic carbocycles. The monoisotopic (exact) mass is 370 g/mol. The maximum Gasteiger partial charge on any atom is 0.219 e. The number of hydrogen-bond donors (Lipinski definition) is 1. The molecule has 5 nitrogen and oxygen atoms in total. The number of rotatable bonds is 8. The quantitative estimate of drug-likeness (QED) is 0.695. The van der Waals surface area contributed by atoms with Gasteiger partial charge in [-0.3, -0.25) is 4.79 Å². The molecule has 0 aliphatic heterocycles. The van der Waals surface area contributed by atoms with Gasteiger partial charge in [-0.1, -0.05) is 18.2 Å². The Hall–Kier alpha value is -3.15. The lowest BCUT2D eigenvalue weighted by Gasteiger charge is -2.12. The minimum atomic E-state index is -0.448. The van der Waals surface area contributed by atoms with Crippen LogP contribution in [0, 0.1) is 5.82 Å². The second kappa shape index (κ2) is 9.52. The third-order valence-electron chi connectivity index (χ3n) is 3.32. The number of carbonyl (C=O) groups excluding carboxylic acids is 1. The van der Waals surface area contributed by atoms with E-state index in [1.54, 1.807) is 36.5 Å². The fourth-order valence-corrected chi connectivity index (χ4v) is 2.24. The van der Waals surface area contributed by atoms with E-state index in [0.29, 0.717) is 17.4 Å². The first-order chi connectivity index (χ1) is 12.9. The van der Waals surface area contributed by atoms with Gasteiger partial charge in [-0.25, -0.2) is 9.37 Å². The highest BCUT2D eigenvalue weighted by Gasteiger charge is 2.07. The zero-order valence-corrected chi connectivity index (χ0v) is 15.6. The highest BCUT2D eigenvalue weighted by atomic mass is 19.1. The van der Waals surface area contributed by atoms with Gasteiger partial charge in [0.2, 0.25) is 11.8 Å². The first-order valence-electron chi connectivity index (χ1n) is 8.54. The Bertz CT molecular complexity index is 817. The van der Waals surface area contributed by atoms with Crippen molar-refractivity contribution in [1.82, 2.24) is 10.3 Å². The highest BCUT2D eigenvalue weighted by molar-refractivity contribution is 5.74. The van der Waals surface area contributed by atoms with Gasteiger partial charge < -0.3 is 14.8 Å². The van der Waals surface area contributed by atoms with Gasteiger partial charge in [0.05, 0.1) is 12.1 Å². The number of nitrogens with zero attached hydrogens (tertiary/aromatic N) is 1. The number of hydrogen-bond acceptors (Lipinski definition) is 4. The van der Waals surface area contributed by atoms with Crippen molar-refractivity contribution in [1.29, 1.82) is 0 Å². The summed E-state index contributed by atoms with van der Waals surface area (Å²) in [6, 6.07) is 7.40. The molecule has 0 saturated carbocycles. The lowest BCUT2D eigenvalue weighted by molar-refractivity contribution is -0.119. The molecular formula is C21H23FN2O3. The molecule has 6 heteroatoms. The molecule has 0 radical (unpaired) electrons. The Kier molecular flexibility index (Phi) is 7.11. The van der Waals surface area contributed by atoms with Crippen LogP contribution in [0.5, 0.6) is 17.4 Å². The predicted octanol–water partition coefficient (Wildman–Crippen LogP) is 4.50. The summed E-state index contributed by atoms with van der Waals surface area (Å²) >= 11 is 0. The number of amides is 1. The number of pyridine rings is 1. The van der Waals surface area contributed by atoms with Gasteiger partial charge in [-0.05, 0) is 25.5 Å². The van der Waals surface area contributed by atoms with Crippen LogP contribution in [0.15, 0.2) is 55.3 Å². The van der Waals surface area contributed by atoms with Crippen molar-refractivity contribution in [3.8, 4) is 17.4 Å². The van der Waals surface area contributed by atoms with E-state index in [0.717, 1.165) is 5.56 Å². The Labute approximate surface area is 158 Å².